The number of benzene rings is 1. The Hall–Kier alpha value is -2.62. The zero-order valence-electron chi connectivity index (χ0n) is 12.4. The van der Waals surface area contributed by atoms with Crippen molar-refractivity contribution in [2.45, 2.75) is 0 Å². The van der Waals surface area contributed by atoms with Gasteiger partial charge in [0.15, 0.2) is 3.95 Å². The number of amides is 2. The van der Waals surface area contributed by atoms with Crippen molar-refractivity contribution in [1.29, 1.82) is 0 Å². The zero-order valence-corrected chi connectivity index (χ0v) is 14.9. The monoisotopic (exact) mass is 387 g/mol. The second kappa shape index (κ2) is 6.03. The summed E-state index contributed by atoms with van der Waals surface area (Å²) in [5.74, 6) is -1.11. The van der Waals surface area contributed by atoms with Crippen LogP contribution < -0.4 is 16.0 Å². The number of aromatic hydroxyl groups is 1. The molecule has 0 unspecified atom stereocenters. The molecule has 0 spiro atoms. The lowest BCUT2D eigenvalue weighted by molar-refractivity contribution is -0.112. The molecule has 3 heterocycles. The molecule has 4 rings (SSSR count). The van der Waals surface area contributed by atoms with Crippen molar-refractivity contribution < 1.29 is 14.7 Å². The predicted molar refractivity (Wildman–Crippen MR) is 97.6 cm³/mol. The van der Waals surface area contributed by atoms with Crippen LogP contribution in [0.25, 0.3) is 5.57 Å². The molecular formula is C16H9N3O3S3. The van der Waals surface area contributed by atoms with Crippen LogP contribution in [-0.2, 0) is 4.79 Å². The van der Waals surface area contributed by atoms with Crippen molar-refractivity contribution in [1.82, 2.24) is 4.68 Å². The molecule has 2 amide bonds. The number of para-hydroxylation sites is 1. The topological polar surface area (TPSA) is 83.7 Å². The molecule has 0 fully saturated rings. The first kappa shape index (κ1) is 15.9. The minimum absolute atomic E-state index is 0.224. The van der Waals surface area contributed by atoms with Gasteiger partial charge in [0.2, 0.25) is 5.88 Å². The molecule has 0 radical (unpaired) electrons. The normalized spacial score (nSPS) is 12.8. The molecule has 0 atom stereocenters. The van der Waals surface area contributed by atoms with Gasteiger partial charge in [0, 0.05) is 5.22 Å². The average Bonchev–Trinajstić information content (AvgIpc) is 3.29. The van der Waals surface area contributed by atoms with E-state index in [1.165, 1.54) is 11.3 Å². The number of hydrogen-bond donors (Lipinski definition) is 2. The van der Waals surface area contributed by atoms with E-state index in [-0.39, 0.29) is 20.3 Å². The number of carbonyl (C=O) groups excluding carboxylic acids is 2. The van der Waals surface area contributed by atoms with Gasteiger partial charge in [-0.25, -0.2) is 4.99 Å². The predicted octanol–water partition coefficient (Wildman–Crippen LogP) is 1.79. The summed E-state index contributed by atoms with van der Waals surface area (Å²) < 4.78 is 1.33. The van der Waals surface area contributed by atoms with Gasteiger partial charge in [-0.3, -0.25) is 15.0 Å². The van der Waals surface area contributed by atoms with E-state index in [1.807, 2.05) is 0 Å². The number of hydrogen-bond acceptors (Lipinski definition) is 6. The fourth-order valence-corrected chi connectivity index (χ4v) is 4.35. The van der Waals surface area contributed by atoms with Crippen LogP contribution >= 0.6 is 34.9 Å². The summed E-state index contributed by atoms with van der Waals surface area (Å²) in [6, 6.07) is 10.5. The van der Waals surface area contributed by atoms with Crippen LogP contribution in [-0.4, -0.2) is 21.6 Å². The minimum Gasteiger partial charge on any atom is -0.492 e. The van der Waals surface area contributed by atoms with Crippen molar-refractivity contribution >= 4 is 52.3 Å². The van der Waals surface area contributed by atoms with E-state index < -0.39 is 11.8 Å². The molecule has 25 heavy (non-hydrogen) atoms. The van der Waals surface area contributed by atoms with Crippen molar-refractivity contribution in [2.75, 3.05) is 5.43 Å². The summed E-state index contributed by atoms with van der Waals surface area (Å²) in [5.41, 5.74) is 2.84. The molecule has 0 saturated heterocycles. The van der Waals surface area contributed by atoms with Gasteiger partial charge >= 0.3 is 0 Å². The lowest BCUT2D eigenvalue weighted by atomic mass is 10.1. The van der Waals surface area contributed by atoms with Gasteiger partial charge in [-0.05, 0) is 29.7 Å². The maximum Gasteiger partial charge on any atom is 0.280 e. The van der Waals surface area contributed by atoms with Crippen molar-refractivity contribution in [3.05, 3.63) is 66.1 Å². The van der Waals surface area contributed by atoms with Crippen molar-refractivity contribution in [2.24, 2.45) is 4.99 Å². The van der Waals surface area contributed by atoms with E-state index in [4.69, 9.17) is 12.2 Å². The highest BCUT2D eigenvalue weighted by molar-refractivity contribution is 7.73. The largest absolute Gasteiger partial charge is 0.492 e. The summed E-state index contributed by atoms with van der Waals surface area (Å²) in [6.45, 7) is 0. The first-order chi connectivity index (χ1) is 12.1. The lowest BCUT2D eigenvalue weighted by Gasteiger charge is -2.06. The smallest absolute Gasteiger partial charge is 0.280 e. The van der Waals surface area contributed by atoms with Gasteiger partial charge in [0.25, 0.3) is 11.8 Å². The molecule has 3 aromatic rings. The molecule has 1 aliphatic heterocycles. The first-order valence-electron chi connectivity index (χ1n) is 7.08. The van der Waals surface area contributed by atoms with E-state index >= 15 is 0 Å². The quantitative estimate of drug-likeness (QED) is 0.671. The number of fused-ring (bicyclic) bond motifs is 1. The third kappa shape index (κ3) is 2.62. The number of thiophene rings is 1. The first-order valence-corrected chi connectivity index (χ1v) is 9.19. The Balaban J connectivity index is 1.82. The Morgan fingerprint density at radius 2 is 2.04 bits per heavy atom. The molecule has 124 valence electrons. The van der Waals surface area contributed by atoms with E-state index in [1.54, 1.807) is 41.8 Å². The summed E-state index contributed by atoms with van der Waals surface area (Å²) in [4.78, 5) is 29.2. The molecule has 0 aliphatic carbocycles. The molecule has 6 nitrogen and oxygen atoms in total. The zero-order chi connectivity index (χ0) is 17.6. The molecule has 1 aromatic carbocycles. The second-order valence-corrected chi connectivity index (χ2v) is 7.68. The van der Waals surface area contributed by atoms with Crippen LogP contribution in [0.1, 0.15) is 14.5 Å². The van der Waals surface area contributed by atoms with Gasteiger partial charge in [-0.1, -0.05) is 35.6 Å². The highest BCUT2D eigenvalue weighted by atomic mass is 32.1. The summed E-state index contributed by atoms with van der Waals surface area (Å²) in [5, 5.41) is 13.5. The number of carbonyl (C=O) groups is 2. The van der Waals surface area contributed by atoms with Gasteiger partial charge < -0.3 is 5.11 Å². The van der Waals surface area contributed by atoms with E-state index in [0.29, 0.717) is 15.5 Å². The van der Waals surface area contributed by atoms with Gasteiger partial charge in [-0.15, -0.1) is 11.3 Å². The number of thiazole rings is 1. The van der Waals surface area contributed by atoms with E-state index in [9.17, 15) is 14.7 Å². The second-order valence-electron chi connectivity index (χ2n) is 5.08. The molecular weight excluding hydrogens is 378 g/mol. The Bertz CT molecular complexity index is 1190. The number of aromatic nitrogens is 1. The maximum absolute atomic E-state index is 12.3. The fraction of sp³-hybridized carbons (Fsp3) is 0. The number of nitrogens with zero attached hydrogens (tertiary/aromatic N) is 2. The van der Waals surface area contributed by atoms with Crippen LogP contribution in [0.15, 0.2) is 46.8 Å². The van der Waals surface area contributed by atoms with E-state index in [2.05, 4.69) is 10.4 Å². The third-order valence-corrected chi connectivity index (χ3v) is 5.83. The Morgan fingerprint density at radius 1 is 1.24 bits per heavy atom. The molecule has 0 saturated carbocycles. The van der Waals surface area contributed by atoms with Gasteiger partial charge in [0.1, 0.15) is 4.88 Å². The highest BCUT2D eigenvalue weighted by Crippen LogP contribution is 2.31. The highest BCUT2D eigenvalue weighted by Gasteiger charge is 2.25. The van der Waals surface area contributed by atoms with Crippen LogP contribution in [0, 0.1) is 3.95 Å². The Labute approximate surface area is 154 Å². The van der Waals surface area contributed by atoms with Crippen LogP contribution in [0.2, 0.25) is 0 Å². The fourth-order valence-electron chi connectivity index (χ4n) is 2.47. The lowest BCUT2D eigenvalue weighted by Crippen LogP contribution is -2.23. The molecule has 2 aromatic heterocycles. The van der Waals surface area contributed by atoms with E-state index in [0.717, 1.165) is 16.0 Å². The van der Waals surface area contributed by atoms with Gasteiger partial charge in [0.05, 0.1) is 15.8 Å². The summed E-state index contributed by atoms with van der Waals surface area (Å²) >= 11 is 7.55. The molecule has 2 N–H and O–H groups in total. The van der Waals surface area contributed by atoms with Crippen LogP contribution in [0.5, 0.6) is 5.88 Å². The molecule has 1 aliphatic rings. The Kier molecular flexibility index (Phi) is 3.83. The van der Waals surface area contributed by atoms with Gasteiger partial charge in [-0.2, -0.15) is 4.68 Å². The average molecular weight is 387 g/mol. The third-order valence-electron chi connectivity index (χ3n) is 3.58. The van der Waals surface area contributed by atoms with Crippen LogP contribution in [0.3, 0.4) is 0 Å². The van der Waals surface area contributed by atoms with Crippen molar-refractivity contribution in [3.63, 3.8) is 0 Å². The number of rotatable bonds is 3. The standard InChI is InChI=1S/C16H9N3O3S3/c20-13(10-6-3-7-24-10)18-19-15(22)12(25-16(19)23)11-8-4-1-2-5-9(8)17-14(11)21/h1-7,22H,(H,18,20). The minimum atomic E-state index is -0.440. The van der Waals surface area contributed by atoms with Crippen LogP contribution in [0.4, 0.5) is 0 Å². The molecule has 0 bridgehead atoms. The maximum atomic E-state index is 12.3. The summed E-state index contributed by atoms with van der Waals surface area (Å²) in [7, 11) is 0. The Morgan fingerprint density at radius 3 is 2.80 bits per heavy atom. The summed E-state index contributed by atoms with van der Waals surface area (Å²) in [6.07, 6.45) is 0. The number of nitrogens with one attached hydrogen (secondary N) is 1. The SMILES string of the molecule is O=C1N=c2ccccc2=C1c1sc(=S)n(NC(=O)c2cccs2)c1O. The van der Waals surface area contributed by atoms with Crippen molar-refractivity contribution in [3.8, 4) is 5.88 Å². The molecule has 9 heteroatoms.